The summed E-state index contributed by atoms with van der Waals surface area (Å²) < 4.78 is 17.2. The number of nitrogens with one attached hydrogen (secondary N) is 1. The first-order valence-electron chi connectivity index (χ1n) is 10.1. The molecule has 0 aromatic heterocycles. The normalized spacial score (nSPS) is 15.3. The van der Waals surface area contributed by atoms with Crippen molar-refractivity contribution in [2.24, 2.45) is 0 Å². The molecule has 0 amide bonds. The van der Waals surface area contributed by atoms with Gasteiger partial charge in [-0.1, -0.05) is 57.2 Å². The van der Waals surface area contributed by atoms with Crippen molar-refractivity contribution in [3.8, 4) is 5.75 Å². The molecule has 0 radical (unpaired) electrons. The molecule has 0 saturated carbocycles. The summed E-state index contributed by atoms with van der Waals surface area (Å²) in [5, 5.41) is 3.21. The molecule has 1 aromatic rings. The zero-order chi connectivity index (χ0) is 19.9. The van der Waals surface area contributed by atoms with Crippen LogP contribution < -0.4 is 10.1 Å². The van der Waals surface area contributed by atoms with Gasteiger partial charge in [0.25, 0.3) is 0 Å². The maximum Gasteiger partial charge on any atom is 0.189 e. The number of hydrogen-bond acceptors (Lipinski definition) is 5. The summed E-state index contributed by atoms with van der Waals surface area (Å²) in [6.45, 7) is 3.37. The molecule has 5 heteroatoms. The van der Waals surface area contributed by atoms with Gasteiger partial charge in [0.05, 0.1) is 13.2 Å². The van der Waals surface area contributed by atoms with Crippen LogP contribution in [0.1, 0.15) is 51.0 Å². The van der Waals surface area contributed by atoms with Gasteiger partial charge in [-0.15, -0.1) is 0 Å². The quantitative estimate of drug-likeness (QED) is 0.287. The van der Waals surface area contributed by atoms with Crippen molar-refractivity contribution in [1.82, 2.24) is 5.32 Å². The van der Waals surface area contributed by atoms with Gasteiger partial charge in [-0.25, -0.2) is 4.79 Å². The van der Waals surface area contributed by atoms with Crippen LogP contribution in [-0.2, 0) is 14.3 Å². The predicted molar refractivity (Wildman–Crippen MR) is 112 cm³/mol. The number of hydrogen-bond donors (Lipinski definition) is 1. The fraction of sp³-hybridized carbons (Fsp3) is 0.478. The molecule has 0 aliphatic carbocycles. The van der Waals surface area contributed by atoms with Crippen molar-refractivity contribution in [2.45, 2.75) is 51.7 Å². The summed E-state index contributed by atoms with van der Waals surface area (Å²) in [6.07, 6.45) is 14.1. The van der Waals surface area contributed by atoms with Crippen LogP contribution in [-0.4, -0.2) is 32.0 Å². The van der Waals surface area contributed by atoms with Crippen LogP contribution in [0.25, 0.3) is 6.08 Å². The second-order valence-corrected chi connectivity index (χ2v) is 6.67. The Balaban J connectivity index is 1.79. The molecule has 1 atom stereocenters. The second-order valence-electron chi connectivity index (χ2n) is 6.67. The number of carbonyl (C=O) groups excluding carboxylic acids is 1. The predicted octanol–water partition coefficient (Wildman–Crippen LogP) is 4.63. The van der Waals surface area contributed by atoms with E-state index in [9.17, 15) is 4.79 Å². The molecule has 1 heterocycles. The molecule has 1 aliphatic rings. The Bertz CT molecular complexity index is 677. The Morgan fingerprint density at radius 2 is 2.04 bits per heavy atom. The second kappa shape index (κ2) is 13.6. The van der Waals surface area contributed by atoms with Crippen LogP contribution >= 0.6 is 0 Å². The van der Waals surface area contributed by atoms with E-state index in [-0.39, 0.29) is 19.4 Å². The van der Waals surface area contributed by atoms with E-state index in [4.69, 9.17) is 14.2 Å². The molecule has 5 nitrogen and oxygen atoms in total. The van der Waals surface area contributed by atoms with Crippen molar-refractivity contribution >= 4 is 12.0 Å². The Morgan fingerprint density at radius 1 is 1.21 bits per heavy atom. The highest BCUT2D eigenvalue weighted by Crippen LogP contribution is 2.24. The van der Waals surface area contributed by atoms with Crippen LogP contribution in [0.15, 0.2) is 48.4 Å². The van der Waals surface area contributed by atoms with Crippen LogP contribution in [0.5, 0.6) is 5.75 Å². The Kier molecular flexibility index (Phi) is 10.6. The number of para-hydroxylation sites is 1. The van der Waals surface area contributed by atoms with E-state index >= 15 is 0 Å². The molecule has 1 unspecified atom stereocenters. The summed E-state index contributed by atoms with van der Waals surface area (Å²) in [5.74, 6) is 3.24. The molecule has 0 spiro atoms. The van der Waals surface area contributed by atoms with Gasteiger partial charge in [0.1, 0.15) is 24.1 Å². The van der Waals surface area contributed by atoms with Crippen LogP contribution in [0, 0.1) is 0 Å². The summed E-state index contributed by atoms with van der Waals surface area (Å²) in [6, 6.07) is 7.90. The minimum Gasteiger partial charge on any atom is -0.494 e. The fourth-order valence-corrected chi connectivity index (χ4v) is 2.82. The fourth-order valence-electron chi connectivity index (χ4n) is 2.82. The van der Waals surface area contributed by atoms with Crippen molar-refractivity contribution in [1.29, 1.82) is 0 Å². The van der Waals surface area contributed by atoms with E-state index in [0.29, 0.717) is 12.4 Å². The zero-order valence-corrected chi connectivity index (χ0v) is 16.7. The van der Waals surface area contributed by atoms with Gasteiger partial charge in [0, 0.05) is 17.8 Å². The lowest BCUT2D eigenvalue weighted by Crippen LogP contribution is -2.30. The zero-order valence-electron chi connectivity index (χ0n) is 16.7. The third kappa shape index (κ3) is 8.47. The SMILES string of the molecule is CCCCCCCCOC(=CNC1C=Cc2ccccc2O1)COCC=C=O. The average molecular weight is 386 g/mol. The molecular formula is C23H31NO4. The first-order chi connectivity index (χ1) is 13.8. The van der Waals surface area contributed by atoms with Gasteiger partial charge in [0.15, 0.2) is 6.23 Å². The van der Waals surface area contributed by atoms with Gasteiger partial charge < -0.3 is 19.5 Å². The third-order valence-corrected chi connectivity index (χ3v) is 4.35. The highest BCUT2D eigenvalue weighted by molar-refractivity contribution is 5.59. The topological polar surface area (TPSA) is 56.8 Å². The van der Waals surface area contributed by atoms with Gasteiger partial charge in [-0.2, -0.15) is 0 Å². The first kappa shape index (κ1) is 21.8. The minimum absolute atomic E-state index is 0.217. The van der Waals surface area contributed by atoms with Crippen molar-refractivity contribution < 1.29 is 19.0 Å². The highest BCUT2D eigenvalue weighted by Gasteiger charge is 2.12. The molecular weight excluding hydrogens is 354 g/mol. The van der Waals surface area contributed by atoms with Crippen LogP contribution in [0.3, 0.4) is 0 Å². The number of ether oxygens (including phenoxy) is 3. The summed E-state index contributed by atoms with van der Waals surface area (Å²) >= 11 is 0. The number of unbranched alkanes of at least 4 members (excludes halogenated alkanes) is 5. The molecule has 1 N–H and O–H groups in total. The first-order valence-corrected chi connectivity index (χ1v) is 10.1. The van der Waals surface area contributed by atoms with Crippen molar-refractivity contribution in [3.63, 3.8) is 0 Å². The number of fused-ring (bicyclic) bond motifs is 1. The largest absolute Gasteiger partial charge is 0.494 e. The van der Waals surface area contributed by atoms with E-state index in [0.717, 1.165) is 17.7 Å². The van der Waals surface area contributed by atoms with E-state index in [1.54, 1.807) is 12.1 Å². The lowest BCUT2D eigenvalue weighted by atomic mass is 10.1. The Labute approximate surface area is 168 Å². The van der Waals surface area contributed by atoms with E-state index in [1.165, 1.54) is 38.2 Å². The number of benzene rings is 1. The number of rotatable bonds is 14. The van der Waals surface area contributed by atoms with Crippen molar-refractivity contribution in [3.05, 3.63) is 53.9 Å². The molecule has 1 aliphatic heterocycles. The molecule has 0 bridgehead atoms. The maximum absolute atomic E-state index is 10.3. The standard InChI is InChI=1S/C23H31NO4/c1-2-3-4-5-6-9-17-27-21(19-26-16-10-15-25)18-24-23-14-13-20-11-7-8-12-22(20)28-23/h7-8,10-14,18,23-24H,2-6,9,16-17,19H2,1H3. The summed E-state index contributed by atoms with van der Waals surface area (Å²) in [4.78, 5) is 10.3. The smallest absolute Gasteiger partial charge is 0.189 e. The molecule has 152 valence electrons. The average Bonchev–Trinajstić information content (AvgIpc) is 2.73. The van der Waals surface area contributed by atoms with Crippen LogP contribution in [0.2, 0.25) is 0 Å². The van der Waals surface area contributed by atoms with E-state index < -0.39 is 0 Å². The molecule has 2 rings (SSSR count). The van der Waals surface area contributed by atoms with E-state index in [1.807, 2.05) is 36.4 Å². The third-order valence-electron chi connectivity index (χ3n) is 4.35. The molecule has 28 heavy (non-hydrogen) atoms. The summed E-state index contributed by atoms with van der Waals surface area (Å²) in [7, 11) is 0. The van der Waals surface area contributed by atoms with Gasteiger partial charge in [0.2, 0.25) is 0 Å². The van der Waals surface area contributed by atoms with Crippen LogP contribution in [0.4, 0.5) is 0 Å². The molecule has 0 saturated heterocycles. The lowest BCUT2D eigenvalue weighted by Gasteiger charge is -2.22. The van der Waals surface area contributed by atoms with Crippen molar-refractivity contribution in [2.75, 3.05) is 19.8 Å². The minimum atomic E-state index is -0.266. The highest BCUT2D eigenvalue weighted by atomic mass is 16.5. The van der Waals surface area contributed by atoms with Gasteiger partial charge >= 0.3 is 0 Å². The maximum atomic E-state index is 10.3. The van der Waals surface area contributed by atoms with E-state index in [2.05, 4.69) is 12.2 Å². The Hall–Kier alpha value is -2.49. The van der Waals surface area contributed by atoms with Gasteiger partial charge in [-0.05, 0) is 24.6 Å². The molecule has 1 aromatic carbocycles. The summed E-state index contributed by atoms with van der Waals surface area (Å²) in [5.41, 5.74) is 1.06. The monoisotopic (exact) mass is 385 g/mol. The Morgan fingerprint density at radius 3 is 2.89 bits per heavy atom. The van der Waals surface area contributed by atoms with Gasteiger partial charge in [-0.3, -0.25) is 0 Å². The lowest BCUT2D eigenvalue weighted by molar-refractivity contribution is 0.109. The molecule has 0 fully saturated rings.